The summed E-state index contributed by atoms with van der Waals surface area (Å²) in [5, 5.41) is 3.08. The lowest BCUT2D eigenvalue weighted by molar-refractivity contribution is 0.102. The van der Waals surface area contributed by atoms with Crippen LogP contribution in [0.5, 0.6) is 0 Å². The quantitative estimate of drug-likeness (QED) is 0.367. The number of para-hydroxylation sites is 2. The molecule has 0 unspecified atom stereocenters. The molecule has 158 valence electrons. The second-order valence-electron chi connectivity index (χ2n) is 7.86. The number of anilines is 2. The van der Waals surface area contributed by atoms with Gasteiger partial charge in [-0.25, -0.2) is 0 Å². The number of fused-ring (bicyclic) bond motifs is 1. The summed E-state index contributed by atoms with van der Waals surface area (Å²) in [4.78, 5) is 17.5. The van der Waals surface area contributed by atoms with Gasteiger partial charge in [-0.2, -0.15) is 0 Å². The molecular formula is C28H24N2OS. The molecule has 0 radical (unpaired) electrons. The molecule has 0 saturated heterocycles. The Bertz CT molecular complexity index is 1220. The van der Waals surface area contributed by atoms with E-state index < -0.39 is 0 Å². The lowest BCUT2D eigenvalue weighted by atomic mass is 10.1. The van der Waals surface area contributed by atoms with Crippen LogP contribution in [0.4, 0.5) is 11.4 Å². The maximum atomic E-state index is 12.9. The van der Waals surface area contributed by atoms with Gasteiger partial charge >= 0.3 is 0 Å². The van der Waals surface area contributed by atoms with Crippen molar-refractivity contribution in [2.75, 3.05) is 16.8 Å². The van der Waals surface area contributed by atoms with Crippen LogP contribution in [-0.4, -0.2) is 12.5 Å². The third-order valence-corrected chi connectivity index (χ3v) is 6.76. The van der Waals surface area contributed by atoms with Gasteiger partial charge in [0.05, 0.1) is 5.69 Å². The number of hydrogen-bond acceptors (Lipinski definition) is 3. The monoisotopic (exact) mass is 436 g/mol. The van der Waals surface area contributed by atoms with Crippen LogP contribution in [0.3, 0.4) is 0 Å². The maximum Gasteiger partial charge on any atom is 0.255 e. The maximum absolute atomic E-state index is 12.9. The van der Waals surface area contributed by atoms with E-state index >= 15 is 0 Å². The molecule has 5 rings (SSSR count). The van der Waals surface area contributed by atoms with E-state index in [1.807, 2.05) is 54.6 Å². The highest BCUT2D eigenvalue weighted by atomic mass is 32.2. The van der Waals surface area contributed by atoms with Crippen molar-refractivity contribution in [1.82, 2.24) is 0 Å². The molecule has 0 fully saturated rings. The molecule has 1 aliphatic heterocycles. The first kappa shape index (κ1) is 20.4. The third-order valence-electron chi connectivity index (χ3n) is 5.68. The molecule has 4 aromatic carbocycles. The van der Waals surface area contributed by atoms with Crippen LogP contribution < -0.4 is 10.2 Å². The third kappa shape index (κ3) is 4.56. The first-order valence-corrected chi connectivity index (χ1v) is 11.6. The van der Waals surface area contributed by atoms with Crippen LogP contribution in [0.1, 0.15) is 21.5 Å². The SMILES string of the molecule is O=C(Nc1ccccc1Sc1ccccc1)c1ccc(CN2CCc3ccccc32)cc1. The zero-order valence-electron chi connectivity index (χ0n) is 17.7. The van der Waals surface area contributed by atoms with Crippen LogP contribution in [0.2, 0.25) is 0 Å². The predicted molar refractivity (Wildman–Crippen MR) is 133 cm³/mol. The molecule has 0 spiro atoms. The number of hydrogen-bond donors (Lipinski definition) is 1. The van der Waals surface area contributed by atoms with E-state index in [0.717, 1.165) is 35.0 Å². The molecule has 0 aliphatic carbocycles. The van der Waals surface area contributed by atoms with Crippen LogP contribution in [0.15, 0.2) is 113 Å². The molecule has 0 atom stereocenters. The number of nitrogens with zero attached hydrogens (tertiary/aromatic N) is 1. The molecule has 0 saturated carbocycles. The van der Waals surface area contributed by atoms with Gasteiger partial charge in [0.1, 0.15) is 0 Å². The number of carbonyl (C=O) groups excluding carboxylic acids is 1. The van der Waals surface area contributed by atoms with Gasteiger partial charge in [0.15, 0.2) is 0 Å². The molecule has 0 aromatic heterocycles. The summed E-state index contributed by atoms with van der Waals surface area (Å²) in [6.07, 6.45) is 1.09. The average molecular weight is 437 g/mol. The highest BCUT2D eigenvalue weighted by molar-refractivity contribution is 7.99. The molecule has 1 N–H and O–H groups in total. The number of amides is 1. The fourth-order valence-electron chi connectivity index (χ4n) is 4.02. The zero-order valence-corrected chi connectivity index (χ0v) is 18.5. The van der Waals surface area contributed by atoms with Gasteiger partial charge in [-0.1, -0.05) is 72.4 Å². The topological polar surface area (TPSA) is 32.3 Å². The van der Waals surface area contributed by atoms with Crippen molar-refractivity contribution in [2.45, 2.75) is 22.8 Å². The van der Waals surface area contributed by atoms with Gasteiger partial charge in [-0.3, -0.25) is 4.79 Å². The van der Waals surface area contributed by atoms with Gasteiger partial charge in [-0.05, 0) is 60.0 Å². The average Bonchev–Trinajstić information content (AvgIpc) is 3.24. The minimum absolute atomic E-state index is 0.0934. The van der Waals surface area contributed by atoms with Crippen molar-refractivity contribution in [1.29, 1.82) is 0 Å². The van der Waals surface area contributed by atoms with Crippen molar-refractivity contribution in [3.05, 3.63) is 120 Å². The minimum Gasteiger partial charge on any atom is -0.367 e. The van der Waals surface area contributed by atoms with E-state index in [4.69, 9.17) is 0 Å². The number of carbonyl (C=O) groups is 1. The summed E-state index contributed by atoms with van der Waals surface area (Å²) in [7, 11) is 0. The van der Waals surface area contributed by atoms with Gasteiger partial charge in [0.25, 0.3) is 5.91 Å². The summed E-state index contributed by atoms with van der Waals surface area (Å²) in [5.74, 6) is -0.0934. The number of benzene rings is 4. The highest BCUT2D eigenvalue weighted by Crippen LogP contribution is 2.33. The Labute approximate surface area is 193 Å². The molecule has 0 bridgehead atoms. The highest BCUT2D eigenvalue weighted by Gasteiger charge is 2.18. The van der Waals surface area contributed by atoms with Crippen LogP contribution in [0.25, 0.3) is 0 Å². The molecule has 1 amide bonds. The molecule has 1 aliphatic rings. The fraction of sp³-hybridized carbons (Fsp3) is 0.107. The minimum atomic E-state index is -0.0934. The molecule has 3 nitrogen and oxygen atoms in total. The van der Waals surface area contributed by atoms with E-state index in [9.17, 15) is 4.79 Å². The Balaban J connectivity index is 1.26. The van der Waals surface area contributed by atoms with Gasteiger partial charge in [0.2, 0.25) is 0 Å². The van der Waals surface area contributed by atoms with E-state index in [2.05, 4.69) is 58.7 Å². The molecule has 32 heavy (non-hydrogen) atoms. The van der Waals surface area contributed by atoms with Crippen LogP contribution in [-0.2, 0) is 13.0 Å². The van der Waals surface area contributed by atoms with E-state index in [-0.39, 0.29) is 5.91 Å². The summed E-state index contributed by atoms with van der Waals surface area (Å²) >= 11 is 1.65. The number of nitrogens with one attached hydrogen (secondary N) is 1. The van der Waals surface area contributed by atoms with Crippen molar-refractivity contribution in [3.8, 4) is 0 Å². The van der Waals surface area contributed by atoms with Crippen molar-refractivity contribution >= 4 is 29.0 Å². The fourth-order valence-corrected chi connectivity index (χ4v) is 4.94. The normalized spacial score (nSPS) is 12.4. The Kier molecular flexibility index (Phi) is 5.95. The Morgan fingerprint density at radius 1 is 0.812 bits per heavy atom. The molecule has 4 aromatic rings. The largest absolute Gasteiger partial charge is 0.367 e. The Hall–Kier alpha value is -3.50. The zero-order chi connectivity index (χ0) is 21.8. The first-order chi connectivity index (χ1) is 15.8. The summed E-state index contributed by atoms with van der Waals surface area (Å²) in [6.45, 7) is 1.90. The Morgan fingerprint density at radius 3 is 2.38 bits per heavy atom. The standard InChI is InChI=1S/C28H24N2OS/c31-28(29-25-11-5-7-13-27(25)32-24-9-2-1-3-10-24)23-16-14-21(15-17-23)20-30-19-18-22-8-4-6-12-26(22)30/h1-17H,18-20H2,(H,29,31). The smallest absolute Gasteiger partial charge is 0.255 e. The second kappa shape index (κ2) is 9.33. The van der Waals surface area contributed by atoms with E-state index in [1.165, 1.54) is 16.8 Å². The predicted octanol–water partition coefficient (Wildman–Crippen LogP) is 6.65. The van der Waals surface area contributed by atoms with E-state index in [0.29, 0.717) is 5.56 Å². The lowest BCUT2D eigenvalue weighted by Gasteiger charge is -2.19. The Morgan fingerprint density at radius 2 is 1.53 bits per heavy atom. The van der Waals surface area contributed by atoms with Crippen LogP contribution >= 0.6 is 11.8 Å². The summed E-state index contributed by atoms with van der Waals surface area (Å²) in [6, 6.07) is 34.6. The van der Waals surface area contributed by atoms with Crippen molar-refractivity contribution < 1.29 is 4.79 Å². The number of rotatable bonds is 6. The molecular weight excluding hydrogens is 412 g/mol. The van der Waals surface area contributed by atoms with Crippen LogP contribution in [0, 0.1) is 0 Å². The second-order valence-corrected chi connectivity index (χ2v) is 8.98. The summed E-state index contributed by atoms with van der Waals surface area (Å²) < 4.78 is 0. The van der Waals surface area contributed by atoms with Gasteiger partial charge in [0, 0.05) is 34.1 Å². The summed E-state index contributed by atoms with van der Waals surface area (Å²) in [5.41, 5.74) is 5.43. The van der Waals surface area contributed by atoms with E-state index in [1.54, 1.807) is 11.8 Å². The lowest BCUT2D eigenvalue weighted by Crippen LogP contribution is -2.19. The molecule has 1 heterocycles. The van der Waals surface area contributed by atoms with Crippen molar-refractivity contribution in [2.24, 2.45) is 0 Å². The van der Waals surface area contributed by atoms with Crippen molar-refractivity contribution in [3.63, 3.8) is 0 Å². The van der Waals surface area contributed by atoms with Gasteiger partial charge in [-0.15, -0.1) is 0 Å². The molecule has 4 heteroatoms. The van der Waals surface area contributed by atoms with Gasteiger partial charge < -0.3 is 10.2 Å². The first-order valence-electron chi connectivity index (χ1n) is 10.8.